The molecule has 0 saturated carbocycles. The molecule has 156 valence electrons. The molecule has 1 amide bonds. The largest absolute Gasteiger partial charge is 0.280 e. The van der Waals surface area contributed by atoms with Crippen LogP contribution >= 0.6 is 11.3 Å². The first-order valence-electron chi connectivity index (χ1n) is 9.59. The van der Waals surface area contributed by atoms with E-state index in [-0.39, 0.29) is 10.8 Å². The number of rotatable bonds is 6. The standard InChI is InChI=1S/C24H20N2O3S2/c1-31(28,29)20-13-14-21-22(16-20)30-24(25-21)26(17-19-10-6-3-7-11-19)23(27)15-12-18-8-4-2-5-9-18/h2-16H,17H2,1H3/b15-12+. The smallest absolute Gasteiger partial charge is 0.253 e. The molecule has 0 aliphatic carbocycles. The van der Waals surface area contributed by atoms with E-state index in [4.69, 9.17) is 0 Å². The van der Waals surface area contributed by atoms with Crippen LogP contribution in [0.3, 0.4) is 0 Å². The Morgan fingerprint density at radius 1 is 1.00 bits per heavy atom. The van der Waals surface area contributed by atoms with Crippen molar-refractivity contribution in [3.63, 3.8) is 0 Å². The number of hydrogen-bond donors (Lipinski definition) is 0. The molecular weight excluding hydrogens is 428 g/mol. The number of nitrogens with zero attached hydrogens (tertiary/aromatic N) is 2. The van der Waals surface area contributed by atoms with Gasteiger partial charge in [0.05, 0.1) is 21.7 Å². The molecule has 1 aromatic heterocycles. The molecule has 0 N–H and O–H groups in total. The van der Waals surface area contributed by atoms with E-state index in [0.29, 0.717) is 17.2 Å². The van der Waals surface area contributed by atoms with Crippen LogP contribution in [-0.4, -0.2) is 25.6 Å². The molecule has 0 unspecified atom stereocenters. The molecule has 3 aromatic carbocycles. The van der Waals surface area contributed by atoms with Crippen molar-refractivity contribution in [1.82, 2.24) is 4.98 Å². The minimum atomic E-state index is -3.32. The maximum absolute atomic E-state index is 13.1. The monoisotopic (exact) mass is 448 g/mol. The van der Waals surface area contributed by atoms with E-state index >= 15 is 0 Å². The lowest BCUT2D eigenvalue weighted by Crippen LogP contribution is -2.28. The number of anilines is 1. The van der Waals surface area contributed by atoms with E-state index in [2.05, 4.69) is 4.98 Å². The molecule has 31 heavy (non-hydrogen) atoms. The Labute approximate surface area is 185 Å². The number of carbonyl (C=O) groups is 1. The van der Waals surface area contributed by atoms with Crippen LogP contribution in [0, 0.1) is 0 Å². The van der Waals surface area contributed by atoms with Crippen molar-refractivity contribution in [2.75, 3.05) is 11.2 Å². The average Bonchev–Trinajstić information content (AvgIpc) is 3.20. The van der Waals surface area contributed by atoms with E-state index in [1.807, 2.05) is 60.7 Å². The Balaban J connectivity index is 1.71. The van der Waals surface area contributed by atoms with Crippen molar-refractivity contribution in [1.29, 1.82) is 0 Å². The predicted octanol–water partition coefficient (Wildman–Crippen LogP) is 4.95. The Hall–Kier alpha value is -3.29. The highest BCUT2D eigenvalue weighted by Gasteiger charge is 2.19. The second-order valence-corrected chi connectivity index (χ2v) is 10.1. The Kier molecular flexibility index (Phi) is 5.97. The maximum Gasteiger partial charge on any atom is 0.253 e. The van der Waals surface area contributed by atoms with Crippen molar-refractivity contribution in [2.45, 2.75) is 11.4 Å². The van der Waals surface area contributed by atoms with E-state index in [0.717, 1.165) is 15.8 Å². The highest BCUT2D eigenvalue weighted by atomic mass is 32.2. The topological polar surface area (TPSA) is 67.3 Å². The second kappa shape index (κ2) is 8.83. The first-order valence-corrected chi connectivity index (χ1v) is 12.3. The van der Waals surface area contributed by atoms with E-state index < -0.39 is 9.84 Å². The van der Waals surface area contributed by atoms with Crippen molar-refractivity contribution < 1.29 is 13.2 Å². The summed E-state index contributed by atoms with van der Waals surface area (Å²) in [5, 5.41) is 0.521. The van der Waals surface area contributed by atoms with Gasteiger partial charge in [0.2, 0.25) is 0 Å². The fraction of sp³-hybridized carbons (Fsp3) is 0.0833. The lowest BCUT2D eigenvalue weighted by molar-refractivity contribution is -0.114. The third-order valence-electron chi connectivity index (χ3n) is 4.68. The van der Waals surface area contributed by atoms with Crippen molar-refractivity contribution in [3.05, 3.63) is 96.1 Å². The molecule has 0 fully saturated rings. The summed E-state index contributed by atoms with van der Waals surface area (Å²) < 4.78 is 24.5. The van der Waals surface area contributed by atoms with E-state index in [9.17, 15) is 13.2 Å². The Morgan fingerprint density at radius 2 is 1.68 bits per heavy atom. The first kappa shape index (κ1) is 21.0. The van der Waals surface area contributed by atoms with Crippen LogP contribution in [0.2, 0.25) is 0 Å². The molecule has 4 rings (SSSR count). The minimum absolute atomic E-state index is 0.199. The molecule has 0 spiro atoms. The number of carbonyl (C=O) groups excluding carboxylic acids is 1. The van der Waals surface area contributed by atoms with Crippen molar-refractivity contribution in [2.24, 2.45) is 0 Å². The molecule has 0 aliphatic heterocycles. The van der Waals surface area contributed by atoms with Crippen LogP contribution in [0.1, 0.15) is 11.1 Å². The first-order chi connectivity index (χ1) is 14.9. The fourth-order valence-corrected chi connectivity index (χ4v) is 4.80. The van der Waals surface area contributed by atoms with Gasteiger partial charge in [-0.25, -0.2) is 13.4 Å². The van der Waals surface area contributed by atoms with Crippen molar-refractivity contribution >= 4 is 48.5 Å². The third kappa shape index (κ3) is 5.07. The predicted molar refractivity (Wildman–Crippen MR) is 126 cm³/mol. The Morgan fingerprint density at radius 3 is 2.35 bits per heavy atom. The van der Waals surface area contributed by atoms with E-state index in [1.54, 1.807) is 29.2 Å². The zero-order valence-corrected chi connectivity index (χ0v) is 18.4. The lowest BCUT2D eigenvalue weighted by Gasteiger charge is -2.18. The van der Waals surface area contributed by atoms with Gasteiger partial charge in [0.25, 0.3) is 5.91 Å². The molecule has 0 atom stereocenters. The third-order valence-corrected chi connectivity index (χ3v) is 6.83. The zero-order valence-electron chi connectivity index (χ0n) is 16.8. The highest BCUT2D eigenvalue weighted by Crippen LogP contribution is 2.31. The van der Waals surface area contributed by atoms with Gasteiger partial charge < -0.3 is 0 Å². The highest BCUT2D eigenvalue weighted by molar-refractivity contribution is 7.90. The minimum Gasteiger partial charge on any atom is -0.280 e. The molecule has 0 radical (unpaired) electrons. The SMILES string of the molecule is CS(=O)(=O)c1ccc2nc(N(Cc3ccccc3)C(=O)/C=C/c3ccccc3)sc2c1. The van der Waals surface area contributed by atoms with Gasteiger partial charge >= 0.3 is 0 Å². The molecule has 1 heterocycles. The number of fused-ring (bicyclic) bond motifs is 1. The molecule has 0 aliphatic rings. The summed E-state index contributed by atoms with van der Waals surface area (Å²) in [6.45, 7) is 0.359. The Bertz CT molecular complexity index is 1350. The molecule has 0 saturated heterocycles. The van der Waals surface area contributed by atoms with E-state index in [1.165, 1.54) is 23.7 Å². The summed E-state index contributed by atoms with van der Waals surface area (Å²) >= 11 is 1.30. The molecule has 5 nitrogen and oxygen atoms in total. The summed E-state index contributed by atoms with van der Waals surface area (Å²) in [6, 6.07) is 24.1. The molecule has 4 aromatic rings. The summed E-state index contributed by atoms with van der Waals surface area (Å²) in [7, 11) is -3.32. The van der Waals surface area contributed by atoms with Crippen molar-refractivity contribution in [3.8, 4) is 0 Å². The molecular formula is C24H20N2O3S2. The van der Waals surface area contributed by atoms with Crippen LogP contribution in [0.4, 0.5) is 5.13 Å². The number of amides is 1. The van der Waals surface area contributed by atoms with Gasteiger partial charge in [0.1, 0.15) is 0 Å². The van der Waals surface area contributed by atoms with Gasteiger partial charge in [-0.05, 0) is 35.4 Å². The number of sulfone groups is 1. The van der Waals surface area contributed by atoms with Crippen LogP contribution in [0.15, 0.2) is 89.8 Å². The summed E-state index contributed by atoms with van der Waals surface area (Å²) in [5.41, 5.74) is 2.56. The van der Waals surface area contributed by atoms with Gasteiger partial charge in [0, 0.05) is 12.3 Å². The second-order valence-electron chi connectivity index (χ2n) is 7.05. The quantitative estimate of drug-likeness (QED) is 0.392. The van der Waals surface area contributed by atoms with Crippen LogP contribution in [-0.2, 0) is 21.2 Å². The van der Waals surface area contributed by atoms with Gasteiger partial charge in [-0.1, -0.05) is 72.0 Å². The lowest BCUT2D eigenvalue weighted by atomic mass is 10.2. The normalized spacial score (nSPS) is 11.8. The summed E-state index contributed by atoms with van der Waals surface area (Å²) in [4.78, 5) is 19.6. The van der Waals surface area contributed by atoms with Crippen LogP contribution < -0.4 is 4.90 Å². The summed E-state index contributed by atoms with van der Waals surface area (Å²) in [5.74, 6) is -0.199. The van der Waals surface area contributed by atoms with Gasteiger partial charge in [0.15, 0.2) is 15.0 Å². The zero-order chi connectivity index (χ0) is 21.8. The molecule has 7 heteroatoms. The van der Waals surface area contributed by atoms with Gasteiger partial charge in [-0.3, -0.25) is 9.69 Å². The molecule has 0 bridgehead atoms. The number of thiazole rings is 1. The maximum atomic E-state index is 13.1. The number of benzene rings is 3. The number of aromatic nitrogens is 1. The number of hydrogen-bond acceptors (Lipinski definition) is 5. The van der Waals surface area contributed by atoms with Crippen LogP contribution in [0.25, 0.3) is 16.3 Å². The average molecular weight is 449 g/mol. The summed E-state index contributed by atoms with van der Waals surface area (Å²) in [6.07, 6.45) is 4.48. The van der Waals surface area contributed by atoms with Crippen LogP contribution in [0.5, 0.6) is 0 Å². The van der Waals surface area contributed by atoms with Gasteiger partial charge in [-0.2, -0.15) is 0 Å². The fourth-order valence-electron chi connectivity index (χ4n) is 3.07. The van der Waals surface area contributed by atoms with Gasteiger partial charge in [-0.15, -0.1) is 0 Å².